The summed E-state index contributed by atoms with van der Waals surface area (Å²) in [5, 5.41) is 0. The van der Waals surface area contributed by atoms with Crippen LogP contribution >= 0.6 is 0 Å². The van der Waals surface area contributed by atoms with Crippen molar-refractivity contribution in [3.8, 4) is 0 Å². The maximum atomic E-state index is 11.9. The van der Waals surface area contributed by atoms with Gasteiger partial charge in [-0.15, -0.1) is 0 Å². The first-order valence-electron chi connectivity index (χ1n) is 6.32. The van der Waals surface area contributed by atoms with Gasteiger partial charge in [0.05, 0.1) is 0 Å². The normalized spacial score (nSPS) is 31.1. The van der Waals surface area contributed by atoms with Gasteiger partial charge >= 0.3 is 0 Å². The summed E-state index contributed by atoms with van der Waals surface area (Å²) >= 11 is 0. The molecule has 3 nitrogen and oxygen atoms in total. The zero-order valence-electron chi connectivity index (χ0n) is 9.45. The van der Waals surface area contributed by atoms with Crippen LogP contribution in [0.2, 0.25) is 0 Å². The molecule has 2 fully saturated rings. The molecule has 2 N–H and O–H groups in total. The van der Waals surface area contributed by atoms with Gasteiger partial charge < -0.3 is 10.6 Å². The number of nitrogens with two attached hydrogens (primary N) is 1. The van der Waals surface area contributed by atoms with Gasteiger partial charge in [0.1, 0.15) is 0 Å². The van der Waals surface area contributed by atoms with Crippen LogP contribution in [0.15, 0.2) is 0 Å². The van der Waals surface area contributed by atoms with Crippen LogP contribution in [0.5, 0.6) is 0 Å². The highest BCUT2D eigenvalue weighted by Gasteiger charge is 2.34. The van der Waals surface area contributed by atoms with Crippen LogP contribution in [0.25, 0.3) is 0 Å². The molecule has 1 aliphatic carbocycles. The smallest absolute Gasteiger partial charge is 0.224 e. The topological polar surface area (TPSA) is 46.3 Å². The van der Waals surface area contributed by atoms with E-state index in [-0.39, 0.29) is 5.91 Å². The van der Waals surface area contributed by atoms with Crippen molar-refractivity contribution in [1.29, 1.82) is 0 Å². The Hall–Kier alpha value is -0.570. The van der Waals surface area contributed by atoms with Gasteiger partial charge in [-0.05, 0) is 31.6 Å². The van der Waals surface area contributed by atoms with E-state index in [9.17, 15) is 4.79 Å². The van der Waals surface area contributed by atoms with E-state index >= 15 is 0 Å². The maximum absolute atomic E-state index is 11.9. The lowest BCUT2D eigenvalue weighted by Crippen LogP contribution is -2.50. The fraction of sp³-hybridized carbons (Fsp3) is 0.917. The number of hydrogen-bond acceptors (Lipinski definition) is 2. The fourth-order valence-corrected chi connectivity index (χ4v) is 3.20. The first-order chi connectivity index (χ1) is 7.33. The third kappa shape index (κ3) is 2.33. The highest BCUT2D eigenvalue weighted by molar-refractivity contribution is 5.76. The highest BCUT2D eigenvalue weighted by Crippen LogP contribution is 2.35. The summed E-state index contributed by atoms with van der Waals surface area (Å²) in [5.41, 5.74) is 5.46. The van der Waals surface area contributed by atoms with Gasteiger partial charge in [-0.25, -0.2) is 0 Å². The van der Waals surface area contributed by atoms with E-state index in [1.807, 2.05) is 0 Å². The lowest BCUT2D eigenvalue weighted by Gasteiger charge is -2.44. The molecule has 0 radical (unpaired) electrons. The van der Waals surface area contributed by atoms with Crippen LogP contribution in [0.1, 0.15) is 44.9 Å². The van der Waals surface area contributed by atoms with Crippen molar-refractivity contribution in [3.05, 3.63) is 0 Å². The molecule has 1 saturated heterocycles. The number of hydrogen-bond donors (Lipinski definition) is 1. The standard InChI is InChI=1S/C12H22N2O/c13-8-7-12(15)14-9-3-5-10-4-1-2-6-11(10)14/h10-11H,1-9,13H2/t10-,11-/m1/s1. The number of fused-ring (bicyclic) bond motifs is 1. The molecular weight excluding hydrogens is 188 g/mol. The van der Waals surface area contributed by atoms with E-state index in [0.29, 0.717) is 19.0 Å². The molecule has 0 spiro atoms. The molecule has 86 valence electrons. The van der Waals surface area contributed by atoms with Crippen molar-refractivity contribution in [2.24, 2.45) is 11.7 Å². The molecular formula is C12H22N2O. The number of rotatable bonds is 2. The molecule has 1 heterocycles. The number of piperidine rings is 1. The zero-order valence-corrected chi connectivity index (χ0v) is 9.45. The largest absolute Gasteiger partial charge is 0.339 e. The van der Waals surface area contributed by atoms with E-state index < -0.39 is 0 Å². The Balaban J connectivity index is 2.00. The summed E-state index contributed by atoms with van der Waals surface area (Å²) in [7, 11) is 0. The molecule has 0 unspecified atom stereocenters. The lowest BCUT2D eigenvalue weighted by molar-refractivity contribution is -0.137. The lowest BCUT2D eigenvalue weighted by atomic mass is 9.78. The Bertz CT molecular complexity index is 228. The minimum Gasteiger partial charge on any atom is -0.339 e. The quantitative estimate of drug-likeness (QED) is 0.751. The summed E-state index contributed by atoms with van der Waals surface area (Å²) in [6, 6.07) is 0.548. The predicted molar refractivity (Wildman–Crippen MR) is 60.4 cm³/mol. The average molecular weight is 210 g/mol. The van der Waals surface area contributed by atoms with Crippen molar-refractivity contribution in [1.82, 2.24) is 4.90 Å². The highest BCUT2D eigenvalue weighted by atomic mass is 16.2. The summed E-state index contributed by atoms with van der Waals surface area (Å²) in [6.07, 6.45) is 8.27. The van der Waals surface area contributed by atoms with Crippen LogP contribution in [0, 0.1) is 5.92 Å². The van der Waals surface area contributed by atoms with Crippen LogP contribution in [-0.2, 0) is 4.79 Å². The molecule has 15 heavy (non-hydrogen) atoms. The molecule has 1 amide bonds. The minimum atomic E-state index is 0.286. The number of nitrogens with zero attached hydrogens (tertiary/aromatic N) is 1. The summed E-state index contributed by atoms with van der Waals surface area (Å²) in [6.45, 7) is 1.46. The monoisotopic (exact) mass is 210 g/mol. The van der Waals surface area contributed by atoms with Gasteiger partial charge in [-0.2, -0.15) is 0 Å². The fourth-order valence-electron chi connectivity index (χ4n) is 3.20. The molecule has 0 aromatic carbocycles. The van der Waals surface area contributed by atoms with Crippen LogP contribution in [0.3, 0.4) is 0 Å². The van der Waals surface area contributed by atoms with E-state index in [1.165, 1.54) is 38.5 Å². The molecule has 3 heteroatoms. The second-order valence-corrected chi connectivity index (χ2v) is 4.88. The molecule has 2 aliphatic rings. The van der Waals surface area contributed by atoms with Crippen LogP contribution < -0.4 is 5.73 Å². The van der Waals surface area contributed by atoms with Gasteiger partial charge in [0.2, 0.25) is 5.91 Å². The number of carbonyl (C=O) groups excluding carboxylic acids is 1. The molecule has 2 atom stereocenters. The Morgan fingerprint density at radius 3 is 2.73 bits per heavy atom. The van der Waals surface area contributed by atoms with E-state index in [1.54, 1.807) is 0 Å². The van der Waals surface area contributed by atoms with Crippen molar-refractivity contribution in [2.75, 3.05) is 13.1 Å². The predicted octanol–water partition coefficient (Wildman–Crippen LogP) is 1.52. The van der Waals surface area contributed by atoms with Crippen molar-refractivity contribution in [2.45, 2.75) is 51.0 Å². The third-order valence-corrected chi connectivity index (χ3v) is 3.92. The SMILES string of the molecule is NCCC(=O)N1CCC[C@H]2CCCC[C@H]21. The van der Waals surface area contributed by atoms with Gasteiger partial charge in [-0.1, -0.05) is 12.8 Å². The first-order valence-corrected chi connectivity index (χ1v) is 6.32. The number of amides is 1. The Morgan fingerprint density at radius 2 is 1.93 bits per heavy atom. The Labute approximate surface area is 92.0 Å². The second-order valence-electron chi connectivity index (χ2n) is 4.88. The Kier molecular flexibility index (Phi) is 3.62. The van der Waals surface area contributed by atoms with E-state index in [2.05, 4.69) is 4.90 Å². The minimum absolute atomic E-state index is 0.286. The van der Waals surface area contributed by atoms with Crippen molar-refractivity contribution in [3.63, 3.8) is 0 Å². The second kappa shape index (κ2) is 4.97. The summed E-state index contributed by atoms with van der Waals surface area (Å²) in [4.78, 5) is 14.0. The Morgan fingerprint density at radius 1 is 1.20 bits per heavy atom. The van der Waals surface area contributed by atoms with E-state index in [4.69, 9.17) is 5.73 Å². The van der Waals surface area contributed by atoms with Gasteiger partial charge in [0, 0.05) is 25.6 Å². The molecule has 2 rings (SSSR count). The molecule has 1 aliphatic heterocycles. The van der Waals surface area contributed by atoms with Gasteiger partial charge in [-0.3, -0.25) is 4.79 Å². The molecule has 0 aromatic heterocycles. The maximum Gasteiger partial charge on any atom is 0.224 e. The van der Waals surface area contributed by atoms with Crippen LogP contribution in [0.4, 0.5) is 0 Å². The van der Waals surface area contributed by atoms with Crippen molar-refractivity contribution < 1.29 is 4.79 Å². The molecule has 0 aromatic rings. The van der Waals surface area contributed by atoms with Crippen molar-refractivity contribution >= 4 is 5.91 Å². The summed E-state index contributed by atoms with van der Waals surface area (Å²) < 4.78 is 0. The number of likely N-dealkylation sites (tertiary alicyclic amines) is 1. The average Bonchev–Trinajstić information content (AvgIpc) is 2.28. The van der Waals surface area contributed by atoms with E-state index in [0.717, 1.165) is 12.5 Å². The molecule has 0 bridgehead atoms. The third-order valence-electron chi connectivity index (χ3n) is 3.92. The van der Waals surface area contributed by atoms with Gasteiger partial charge in [0.15, 0.2) is 0 Å². The number of carbonyl (C=O) groups is 1. The van der Waals surface area contributed by atoms with Crippen LogP contribution in [-0.4, -0.2) is 29.9 Å². The van der Waals surface area contributed by atoms with Gasteiger partial charge in [0.25, 0.3) is 0 Å². The first kappa shape index (κ1) is 10.9. The summed E-state index contributed by atoms with van der Waals surface area (Å²) in [5.74, 6) is 1.07. The molecule has 1 saturated carbocycles. The zero-order chi connectivity index (χ0) is 10.7.